The third kappa shape index (κ3) is 3.44. The molecule has 0 amide bonds. The maximum Gasteiger partial charge on any atom is 0.249 e. The first-order valence-corrected chi connectivity index (χ1v) is 8.39. The Balaban J connectivity index is 1.80. The Hall–Kier alpha value is -1.54. The molecule has 3 rings (SSSR count). The molecule has 1 aliphatic rings. The van der Waals surface area contributed by atoms with E-state index >= 15 is 0 Å². The van der Waals surface area contributed by atoms with E-state index in [1.165, 1.54) is 11.5 Å². The Bertz CT molecular complexity index is 606. The van der Waals surface area contributed by atoms with Crippen molar-refractivity contribution in [1.82, 2.24) is 19.5 Å². The minimum Gasteiger partial charge on any atom is -0.381 e. The highest BCUT2D eigenvalue weighted by Gasteiger charge is 2.30. The average Bonchev–Trinajstić information content (AvgIpc) is 3.15. The molecule has 1 unspecified atom stereocenters. The summed E-state index contributed by atoms with van der Waals surface area (Å²) in [5, 5.41) is 8.17. The lowest BCUT2D eigenvalue weighted by Crippen LogP contribution is -2.27. The van der Waals surface area contributed by atoms with Gasteiger partial charge in [0, 0.05) is 30.7 Å². The fraction of sp³-hybridized carbons (Fsp3) is 0.714. The fourth-order valence-corrected chi connectivity index (χ4v) is 3.28. The molecular formula is C14H21N5O2S. The van der Waals surface area contributed by atoms with Crippen molar-refractivity contribution < 1.29 is 9.26 Å². The summed E-state index contributed by atoms with van der Waals surface area (Å²) < 4.78 is 15.2. The molecular weight excluding hydrogens is 302 g/mol. The zero-order valence-electron chi connectivity index (χ0n) is 13.1. The zero-order chi connectivity index (χ0) is 15.5. The zero-order valence-corrected chi connectivity index (χ0v) is 13.9. The molecule has 0 saturated carbocycles. The maximum atomic E-state index is 5.46. The van der Waals surface area contributed by atoms with Crippen LogP contribution in [0.15, 0.2) is 4.52 Å². The Morgan fingerprint density at radius 2 is 2.00 bits per heavy atom. The standard InChI is InChI=1S/C14H21N5O2S/c1-8(2)12-17-14(22-19-12)16-11(10-4-6-20-7-5-10)13-15-9(3)18-21-13/h8,10-11H,4-7H2,1-3H3,(H,16,17,19). The number of ether oxygens (including phenoxy) is 1. The number of hydrogen-bond donors (Lipinski definition) is 1. The van der Waals surface area contributed by atoms with Crippen molar-refractivity contribution in [1.29, 1.82) is 0 Å². The van der Waals surface area contributed by atoms with Crippen LogP contribution >= 0.6 is 11.5 Å². The van der Waals surface area contributed by atoms with E-state index in [2.05, 4.69) is 38.7 Å². The van der Waals surface area contributed by atoms with Gasteiger partial charge in [0.2, 0.25) is 11.0 Å². The molecule has 0 spiro atoms. The Kier molecular flexibility index (Phi) is 4.68. The summed E-state index contributed by atoms with van der Waals surface area (Å²) in [4.78, 5) is 8.95. The molecule has 0 bridgehead atoms. The third-order valence-corrected chi connectivity index (χ3v) is 4.44. The van der Waals surface area contributed by atoms with Crippen LogP contribution in [0.2, 0.25) is 0 Å². The number of anilines is 1. The van der Waals surface area contributed by atoms with E-state index in [1.807, 2.05) is 6.92 Å². The molecule has 0 radical (unpaired) electrons. The van der Waals surface area contributed by atoms with E-state index in [0.717, 1.165) is 37.0 Å². The fourth-order valence-electron chi connectivity index (χ4n) is 2.53. The van der Waals surface area contributed by atoms with Crippen molar-refractivity contribution in [2.24, 2.45) is 5.92 Å². The molecule has 22 heavy (non-hydrogen) atoms. The van der Waals surface area contributed by atoms with Crippen molar-refractivity contribution in [2.75, 3.05) is 18.5 Å². The minimum absolute atomic E-state index is 0.0435. The summed E-state index contributed by atoms with van der Waals surface area (Å²) in [7, 11) is 0. The number of aryl methyl sites for hydroxylation is 1. The van der Waals surface area contributed by atoms with Gasteiger partial charge < -0.3 is 14.6 Å². The molecule has 3 heterocycles. The molecule has 120 valence electrons. The van der Waals surface area contributed by atoms with Gasteiger partial charge >= 0.3 is 0 Å². The normalized spacial score (nSPS) is 17.8. The van der Waals surface area contributed by atoms with Gasteiger partial charge in [0.05, 0.1) is 0 Å². The van der Waals surface area contributed by atoms with Crippen molar-refractivity contribution in [3.05, 3.63) is 17.5 Å². The highest BCUT2D eigenvalue weighted by atomic mass is 32.1. The molecule has 1 saturated heterocycles. The van der Waals surface area contributed by atoms with Gasteiger partial charge in [-0.3, -0.25) is 0 Å². The van der Waals surface area contributed by atoms with Gasteiger partial charge in [-0.05, 0) is 25.7 Å². The smallest absolute Gasteiger partial charge is 0.249 e. The highest BCUT2D eigenvalue weighted by Crippen LogP contribution is 2.33. The Morgan fingerprint density at radius 1 is 1.23 bits per heavy atom. The van der Waals surface area contributed by atoms with E-state index in [1.54, 1.807) is 0 Å². The van der Waals surface area contributed by atoms with Crippen molar-refractivity contribution in [3.8, 4) is 0 Å². The number of rotatable bonds is 5. The van der Waals surface area contributed by atoms with Crippen LogP contribution in [-0.2, 0) is 4.74 Å². The minimum atomic E-state index is -0.0435. The molecule has 2 aromatic heterocycles. The lowest BCUT2D eigenvalue weighted by Gasteiger charge is -2.28. The molecule has 1 fully saturated rings. The van der Waals surface area contributed by atoms with Crippen LogP contribution in [0.25, 0.3) is 0 Å². The summed E-state index contributed by atoms with van der Waals surface area (Å²) in [5.41, 5.74) is 0. The van der Waals surface area contributed by atoms with Crippen molar-refractivity contribution >= 4 is 16.7 Å². The molecule has 7 nitrogen and oxygen atoms in total. The van der Waals surface area contributed by atoms with E-state index in [4.69, 9.17) is 9.26 Å². The number of nitrogens with one attached hydrogen (secondary N) is 1. The summed E-state index contributed by atoms with van der Waals surface area (Å²) in [6.45, 7) is 7.54. The topological polar surface area (TPSA) is 86.0 Å². The molecule has 0 aliphatic carbocycles. The molecule has 1 aliphatic heterocycles. The third-order valence-electron chi connectivity index (χ3n) is 3.78. The lowest BCUT2D eigenvalue weighted by atomic mass is 9.91. The van der Waals surface area contributed by atoms with Crippen LogP contribution in [0.5, 0.6) is 0 Å². The summed E-state index contributed by atoms with van der Waals surface area (Å²) in [5.74, 6) is 2.83. The van der Waals surface area contributed by atoms with Gasteiger partial charge in [0.15, 0.2) is 5.82 Å². The highest BCUT2D eigenvalue weighted by molar-refractivity contribution is 7.09. The van der Waals surface area contributed by atoms with Gasteiger partial charge in [-0.1, -0.05) is 19.0 Å². The molecule has 8 heteroatoms. The van der Waals surface area contributed by atoms with Gasteiger partial charge in [0.25, 0.3) is 0 Å². The quantitative estimate of drug-likeness (QED) is 0.905. The maximum absolute atomic E-state index is 5.46. The van der Waals surface area contributed by atoms with E-state index in [9.17, 15) is 0 Å². The number of hydrogen-bond acceptors (Lipinski definition) is 8. The lowest BCUT2D eigenvalue weighted by molar-refractivity contribution is 0.0571. The first-order valence-electron chi connectivity index (χ1n) is 7.61. The van der Waals surface area contributed by atoms with Crippen LogP contribution in [-0.4, -0.2) is 32.7 Å². The van der Waals surface area contributed by atoms with Crippen molar-refractivity contribution in [2.45, 2.75) is 45.6 Å². The Labute approximate surface area is 133 Å². The predicted molar refractivity (Wildman–Crippen MR) is 82.9 cm³/mol. The van der Waals surface area contributed by atoms with E-state index in [0.29, 0.717) is 23.6 Å². The average molecular weight is 323 g/mol. The largest absolute Gasteiger partial charge is 0.381 e. The number of nitrogens with zero attached hydrogens (tertiary/aromatic N) is 4. The van der Waals surface area contributed by atoms with Crippen LogP contribution in [0.3, 0.4) is 0 Å². The first-order chi connectivity index (χ1) is 10.6. The summed E-state index contributed by atoms with van der Waals surface area (Å²) in [6.07, 6.45) is 1.93. The van der Waals surface area contributed by atoms with Gasteiger partial charge in [-0.25, -0.2) is 4.98 Å². The molecule has 1 N–H and O–H groups in total. The van der Waals surface area contributed by atoms with Crippen molar-refractivity contribution in [3.63, 3.8) is 0 Å². The molecule has 2 aromatic rings. The van der Waals surface area contributed by atoms with Gasteiger partial charge in [-0.15, -0.1) is 0 Å². The predicted octanol–water partition coefficient (Wildman–Crippen LogP) is 2.93. The SMILES string of the molecule is Cc1noc(C(Nc2nc(C(C)C)ns2)C2CCOCC2)n1. The second-order valence-corrected chi connectivity index (χ2v) is 6.62. The van der Waals surface area contributed by atoms with Crippen LogP contribution in [0.4, 0.5) is 5.13 Å². The van der Waals surface area contributed by atoms with E-state index < -0.39 is 0 Å². The number of aromatic nitrogens is 4. The molecule has 0 aromatic carbocycles. The van der Waals surface area contributed by atoms with Crippen LogP contribution in [0, 0.1) is 12.8 Å². The van der Waals surface area contributed by atoms with Gasteiger partial charge in [0.1, 0.15) is 11.9 Å². The molecule has 1 atom stereocenters. The summed E-state index contributed by atoms with van der Waals surface area (Å²) in [6, 6.07) is -0.0435. The van der Waals surface area contributed by atoms with E-state index in [-0.39, 0.29) is 6.04 Å². The van der Waals surface area contributed by atoms with Gasteiger partial charge in [-0.2, -0.15) is 9.36 Å². The first kappa shape index (κ1) is 15.4. The second-order valence-electron chi connectivity index (χ2n) is 5.86. The van der Waals surface area contributed by atoms with Crippen LogP contribution in [0.1, 0.15) is 56.2 Å². The second kappa shape index (κ2) is 6.70. The summed E-state index contributed by atoms with van der Waals surface area (Å²) >= 11 is 1.38. The van der Waals surface area contributed by atoms with Crippen LogP contribution < -0.4 is 5.32 Å². The monoisotopic (exact) mass is 323 g/mol. The Morgan fingerprint density at radius 3 is 2.59 bits per heavy atom.